The Kier molecular flexibility index (Phi) is 3.55. The van der Waals surface area contributed by atoms with Crippen LogP contribution in [0.15, 0.2) is 18.3 Å². The highest BCUT2D eigenvalue weighted by Crippen LogP contribution is 2.11. The van der Waals surface area contributed by atoms with Gasteiger partial charge in [-0.3, -0.25) is 15.2 Å². The topological polar surface area (TPSA) is 124 Å². The van der Waals surface area contributed by atoms with E-state index in [4.69, 9.17) is 10.4 Å². The number of pyridine rings is 1. The number of hydrogen-bond donors (Lipinski definition) is 5. The van der Waals surface area contributed by atoms with Crippen LogP contribution < -0.4 is 16.3 Å². The molecule has 0 saturated heterocycles. The Morgan fingerprint density at radius 2 is 2.00 bits per heavy atom. The molecule has 0 aromatic carbocycles. The third-order valence-electron chi connectivity index (χ3n) is 1.47. The summed E-state index contributed by atoms with van der Waals surface area (Å²) in [6.45, 7) is 0. The Bertz CT molecular complexity index is 381. The summed E-state index contributed by atoms with van der Waals surface area (Å²) in [6, 6.07) is 1.93. The Labute approximate surface area is 83.9 Å². The first-order chi connectivity index (χ1) is 7.19. The maximum absolute atomic E-state index is 11.0. The van der Waals surface area contributed by atoms with Crippen molar-refractivity contribution in [3.8, 4) is 0 Å². The maximum atomic E-state index is 11.0. The zero-order chi connectivity index (χ0) is 11.3. The highest BCUT2D eigenvalue weighted by Gasteiger charge is 2.13. The van der Waals surface area contributed by atoms with Gasteiger partial charge in [0.25, 0.3) is 5.91 Å². The second-order valence-electron chi connectivity index (χ2n) is 2.41. The average Bonchev–Trinajstić information content (AvgIpc) is 2.28. The number of hydrogen-bond acceptors (Lipinski definition) is 5. The van der Waals surface area contributed by atoms with Gasteiger partial charge in [-0.05, 0) is 12.1 Å². The molecule has 8 heteroatoms. The molecule has 3 amide bonds. The Hall–Kier alpha value is -2.19. The largest absolute Gasteiger partial charge is 0.343 e. The molecule has 0 atom stereocenters. The van der Waals surface area contributed by atoms with E-state index in [1.54, 1.807) is 0 Å². The molecular formula is C7H8N4O4. The minimum Gasteiger partial charge on any atom is -0.304 e. The molecule has 8 nitrogen and oxygen atoms in total. The average molecular weight is 212 g/mol. The lowest BCUT2D eigenvalue weighted by Gasteiger charge is -2.06. The zero-order valence-corrected chi connectivity index (χ0v) is 7.39. The van der Waals surface area contributed by atoms with Gasteiger partial charge in [-0.25, -0.2) is 20.7 Å². The predicted octanol–water partition coefficient (Wildman–Crippen LogP) is -0.289. The summed E-state index contributed by atoms with van der Waals surface area (Å²) in [6.07, 6.45) is 1.31. The van der Waals surface area contributed by atoms with Gasteiger partial charge in [-0.1, -0.05) is 0 Å². The quantitative estimate of drug-likeness (QED) is 0.340. The lowest BCUT2D eigenvalue weighted by Crippen LogP contribution is -2.28. The van der Waals surface area contributed by atoms with Crippen molar-refractivity contribution in [3.63, 3.8) is 0 Å². The van der Waals surface area contributed by atoms with Gasteiger partial charge in [0.05, 0.1) is 5.69 Å². The van der Waals surface area contributed by atoms with E-state index in [-0.39, 0.29) is 11.4 Å². The first-order valence-electron chi connectivity index (χ1n) is 3.79. The van der Waals surface area contributed by atoms with Crippen LogP contribution in [-0.2, 0) is 0 Å². The third kappa shape index (κ3) is 2.62. The molecule has 0 bridgehead atoms. The molecule has 0 aliphatic carbocycles. The first-order valence-corrected chi connectivity index (χ1v) is 3.79. The molecule has 0 aliphatic heterocycles. The van der Waals surface area contributed by atoms with E-state index in [1.165, 1.54) is 29.3 Å². The van der Waals surface area contributed by atoms with Crippen molar-refractivity contribution < 1.29 is 20.0 Å². The minimum atomic E-state index is -0.921. The summed E-state index contributed by atoms with van der Waals surface area (Å²) in [5.41, 5.74) is 2.58. The van der Waals surface area contributed by atoms with Gasteiger partial charge in [-0.15, -0.1) is 0 Å². The van der Waals surface area contributed by atoms with Crippen LogP contribution in [0.1, 0.15) is 10.5 Å². The standard InChI is InChI=1S/C7H8N4O4/c12-6(10-14)5-4(2-1-3-8-5)9-7(13)11-15/h1-3,14-15H,(H,10,12)(H2,9,11,13). The number of anilines is 1. The fraction of sp³-hybridized carbons (Fsp3) is 0. The van der Waals surface area contributed by atoms with Crippen molar-refractivity contribution in [2.24, 2.45) is 0 Å². The van der Waals surface area contributed by atoms with Crippen molar-refractivity contribution >= 4 is 17.6 Å². The second kappa shape index (κ2) is 4.88. The van der Waals surface area contributed by atoms with Gasteiger partial charge >= 0.3 is 6.03 Å². The van der Waals surface area contributed by atoms with E-state index >= 15 is 0 Å². The smallest absolute Gasteiger partial charge is 0.304 e. The van der Waals surface area contributed by atoms with Gasteiger partial charge in [0.15, 0.2) is 5.69 Å². The van der Waals surface area contributed by atoms with Crippen LogP contribution in [0.2, 0.25) is 0 Å². The molecule has 1 heterocycles. The van der Waals surface area contributed by atoms with Crippen molar-refractivity contribution in [1.29, 1.82) is 0 Å². The number of hydroxylamine groups is 2. The molecule has 0 spiro atoms. The molecule has 15 heavy (non-hydrogen) atoms. The number of carbonyl (C=O) groups is 2. The van der Waals surface area contributed by atoms with E-state index in [1.807, 2.05) is 0 Å². The highest BCUT2D eigenvalue weighted by atomic mass is 16.5. The van der Waals surface area contributed by atoms with Crippen molar-refractivity contribution in [1.82, 2.24) is 15.9 Å². The summed E-state index contributed by atoms with van der Waals surface area (Å²) >= 11 is 0. The predicted molar refractivity (Wildman–Crippen MR) is 47.4 cm³/mol. The van der Waals surface area contributed by atoms with Crippen LogP contribution in [0.3, 0.4) is 0 Å². The molecule has 80 valence electrons. The van der Waals surface area contributed by atoms with Crippen LogP contribution in [-0.4, -0.2) is 27.3 Å². The van der Waals surface area contributed by atoms with Crippen LogP contribution in [0, 0.1) is 0 Å². The van der Waals surface area contributed by atoms with Crippen LogP contribution >= 0.6 is 0 Å². The Morgan fingerprint density at radius 3 is 2.60 bits per heavy atom. The molecule has 1 aromatic heterocycles. The zero-order valence-electron chi connectivity index (χ0n) is 7.39. The summed E-state index contributed by atoms with van der Waals surface area (Å²) in [4.78, 5) is 25.4. The normalized spacial score (nSPS) is 9.20. The Balaban J connectivity index is 2.96. The third-order valence-corrected chi connectivity index (χ3v) is 1.47. The summed E-state index contributed by atoms with van der Waals surface area (Å²) in [5, 5.41) is 18.8. The number of carbonyl (C=O) groups excluding carboxylic acids is 2. The maximum Gasteiger partial charge on any atom is 0.343 e. The van der Waals surface area contributed by atoms with Crippen molar-refractivity contribution in [2.75, 3.05) is 5.32 Å². The van der Waals surface area contributed by atoms with Crippen molar-refractivity contribution in [2.45, 2.75) is 0 Å². The lowest BCUT2D eigenvalue weighted by atomic mass is 10.3. The lowest BCUT2D eigenvalue weighted by molar-refractivity contribution is 0.0702. The van der Waals surface area contributed by atoms with Crippen LogP contribution in [0.5, 0.6) is 0 Å². The van der Waals surface area contributed by atoms with Crippen LogP contribution in [0.25, 0.3) is 0 Å². The highest BCUT2D eigenvalue weighted by molar-refractivity contribution is 6.01. The summed E-state index contributed by atoms with van der Waals surface area (Å²) in [5.74, 6) is -0.871. The van der Waals surface area contributed by atoms with E-state index in [0.717, 1.165) is 0 Å². The van der Waals surface area contributed by atoms with E-state index in [0.29, 0.717) is 0 Å². The first kappa shape index (κ1) is 10.9. The number of rotatable bonds is 2. The van der Waals surface area contributed by atoms with Gasteiger partial charge in [0.1, 0.15) is 0 Å². The Morgan fingerprint density at radius 1 is 1.27 bits per heavy atom. The van der Waals surface area contributed by atoms with Gasteiger partial charge in [0.2, 0.25) is 0 Å². The fourth-order valence-electron chi connectivity index (χ4n) is 0.890. The molecule has 0 unspecified atom stereocenters. The number of amides is 3. The molecule has 0 saturated carbocycles. The monoisotopic (exact) mass is 212 g/mol. The molecule has 0 aliphatic rings. The van der Waals surface area contributed by atoms with Crippen molar-refractivity contribution in [3.05, 3.63) is 24.0 Å². The van der Waals surface area contributed by atoms with E-state index in [9.17, 15) is 9.59 Å². The molecule has 0 fully saturated rings. The van der Waals surface area contributed by atoms with Crippen LogP contribution in [0.4, 0.5) is 10.5 Å². The fourth-order valence-corrected chi connectivity index (χ4v) is 0.890. The number of nitrogens with zero attached hydrogens (tertiary/aromatic N) is 1. The molecule has 0 radical (unpaired) electrons. The molecule has 1 rings (SSSR count). The van der Waals surface area contributed by atoms with E-state index < -0.39 is 11.9 Å². The minimum absolute atomic E-state index is 0.0515. The summed E-state index contributed by atoms with van der Waals surface area (Å²) in [7, 11) is 0. The summed E-state index contributed by atoms with van der Waals surface area (Å²) < 4.78 is 0. The molecular weight excluding hydrogens is 204 g/mol. The second-order valence-corrected chi connectivity index (χ2v) is 2.41. The SMILES string of the molecule is O=C(NO)Nc1cccnc1C(=O)NO. The van der Waals surface area contributed by atoms with Gasteiger partial charge < -0.3 is 5.32 Å². The number of nitrogens with one attached hydrogen (secondary N) is 3. The number of urea groups is 1. The van der Waals surface area contributed by atoms with Gasteiger partial charge in [0, 0.05) is 6.20 Å². The van der Waals surface area contributed by atoms with Gasteiger partial charge in [-0.2, -0.15) is 0 Å². The van der Waals surface area contributed by atoms with E-state index in [2.05, 4.69) is 10.3 Å². The molecule has 1 aromatic rings. The molecule has 5 N–H and O–H groups in total. The number of aromatic nitrogens is 1.